The molecule has 2 aromatic rings. The van der Waals surface area contributed by atoms with Crippen molar-refractivity contribution in [3.63, 3.8) is 0 Å². The van der Waals surface area contributed by atoms with E-state index in [-0.39, 0.29) is 29.5 Å². The molecule has 50 heavy (non-hydrogen) atoms. The predicted molar refractivity (Wildman–Crippen MR) is 187 cm³/mol. The molecule has 1 heterocycles. The summed E-state index contributed by atoms with van der Waals surface area (Å²) in [5.41, 5.74) is 0.902. The molecule has 10 nitrogen and oxygen atoms in total. The van der Waals surface area contributed by atoms with Gasteiger partial charge in [-0.3, -0.25) is 19.2 Å². The van der Waals surface area contributed by atoms with Crippen LogP contribution in [-0.2, 0) is 23.9 Å². The van der Waals surface area contributed by atoms with Crippen molar-refractivity contribution in [3.05, 3.63) is 88.5 Å². The van der Waals surface area contributed by atoms with Gasteiger partial charge in [-0.25, -0.2) is 4.99 Å². The van der Waals surface area contributed by atoms with Gasteiger partial charge in [0.15, 0.2) is 12.4 Å². The summed E-state index contributed by atoms with van der Waals surface area (Å²) in [4.78, 5) is 52.0. The van der Waals surface area contributed by atoms with Gasteiger partial charge in [0.1, 0.15) is 5.60 Å². The van der Waals surface area contributed by atoms with Crippen molar-refractivity contribution in [2.45, 2.75) is 71.3 Å². The Bertz CT molecular complexity index is 1820. The highest BCUT2D eigenvalue weighted by Gasteiger charge is 2.68. The summed E-state index contributed by atoms with van der Waals surface area (Å²) in [6.07, 6.45) is 5.28. The van der Waals surface area contributed by atoms with Crippen molar-refractivity contribution < 1.29 is 39.2 Å². The first-order valence-corrected chi connectivity index (χ1v) is 17.4. The Morgan fingerprint density at radius 3 is 2.52 bits per heavy atom. The van der Waals surface area contributed by atoms with Gasteiger partial charge in [-0.1, -0.05) is 74.4 Å². The number of nitrogens with one attached hydrogen (secondary N) is 1. The molecular weight excluding hydrogens is 660 g/mol. The third-order valence-electron chi connectivity index (χ3n) is 11.9. The summed E-state index contributed by atoms with van der Waals surface area (Å²) in [6.45, 7) is 6.94. The average molecular weight is 703 g/mol. The zero-order valence-electron chi connectivity index (χ0n) is 28.6. The highest BCUT2D eigenvalue weighted by molar-refractivity contribution is 6.32. The SMILES string of the molecule is CC(=O)OCC(=O)[C@@]1(O)CC[C@H]2[C@@H]3C[C@H](C)C4=CC(=O)C=C[C@]4(C)[C@H]3[C@@H](O)C[C@@]21C.O=C1Nc2ccc(Cl)cc2C(c2ccccc2)=NC1O. The maximum Gasteiger partial charge on any atom is 0.303 e. The minimum atomic E-state index is -1.61. The van der Waals surface area contributed by atoms with E-state index in [4.69, 9.17) is 16.3 Å². The van der Waals surface area contributed by atoms with Gasteiger partial charge in [0.25, 0.3) is 5.91 Å². The minimum Gasteiger partial charge on any atom is -0.458 e. The van der Waals surface area contributed by atoms with Gasteiger partial charge >= 0.3 is 5.97 Å². The molecule has 9 atom stereocenters. The molecule has 1 unspecified atom stereocenters. The Labute approximate surface area is 296 Å². The molecule has 1 aliphatic heterocycles. The fourth-order valence-corrected chi connectivity index (χ4v) is 9.77. The van der Waals surface area contributed by atoms with Crippen molar-refractivity contribution in [3.8, 4) is 0 Å². The summed E-state index contributed by atoms with van der Waals surface area (Å²) in [5, 5.41) is 35.8. The lowest BCUT2D eigenvalue weighted by Crippen LogP contribution is -2.62. The summed E-state index contributed by atoms with van der Waals surface area (Å²) in [7, 11) is 0. The molecule has 11 heteroatoms. The first-order chi connectivity index (χ1) is 23.6. The van der Waals surface area contributed by atoms with Crippen LogP contribution >= 0.6 is 11.6 Å². The lowest BCUT2D eigenvalue weighted by atomic mass is 9.45. The maximum absolute atomic E-state index is 12.9. The molecule has 3 fully saturated rings. The second kappa shape index (κ2) is 13.3. The number of aliphatic hydroxyl groups excluding tert-OH is 2. The lowest BCUT2D eigenvalue weighted by Gasteiger charge is -2.60. The number of benzodiazepines with no additional fused rings is 1. The van der Waals surface area contributed by atoms with E-state index in [2.05, 4.69) is 24.2 Å². The number of anilines is 1. The van der Waals surface area contributed by atoms with Crippen LogP contribution in [0.3, 0.4) is 0 Å². The van der Waals surface area contributed by atoms with Crippen LogP contribution in [0, 0.1) is 34.5 Å². The second-order valence-electron chi connectivity index (χ2n) is 14.7. The molecule has 0 bridgehead atoms. The maximum atomic E-state index is 12.9. The summed E-state index contributed by atoms with van der Waals surface area (Å²) in [5.74, 6) is -1.27. The molecule has 0 saturated heterocycles. The highest BCUT2D eigenvalue weighted by Crippen LogP contribution is 2.67. The Balaban J connectivity index is 0.000000187. The zero-order chi connectivity index (χ0) is 36.2. The number of carbonyl (C=O) groups excluding carboxylic acids is 4. The number of amides is 1. The summed E-state index contributed by atoms with van der Waals surface area (Å²) < 4.78 is 4.89. The largest absolute Gasteiger partial charge is 0.458 e. The molecule has 7 rings (SSSR count). The van der Waals surface area contributed by atoms with Gasteiger partial charge in [0.05, 0.1) is 17.5 Å². The van der Waals surface area contributed by atoms with Crippen molar-refractivity contribution in [1.82, 2.24) is 0 Å². The molecule has 4 N–H and O–H groups in total. The number of nitrogens with zero attached hydrogens (tertiary/aromatic N) is 1. The van der Waals surface area contributed by atoms with Crippen molar-refractivity contribution >= 4 is 46.4 Å². The number of ether oxygens (including phenoxy) is 1. The van der Waals surface area contributed by atoms with Crippen LogP contribution < -0.4 is 5.32 Å². The van der Waals surface area contributed by atoms with Crippen molar-refractivity contribution in [1.29, 1.82) is 0 Å². The molecule has 2 aromatic carbocycles. The van der Waals surface area contributed by atoms with Gasteiger partial charge in [-0.2, -0.15) is 0 Å². The predicted octanol–water partition coefficient (Wildman–Crippen LogP) is 4.82. The van der Waals surface area contributed by atoms with Crippen LogP contribution in [-0.4, -0.2) is 69.0 Å². The number of Topliss-reactive ketones (excluding diaryl/α,β-unsaturated/α-hetero) is 1. The number of hydrogen-bond donors (Lipinski definition) is 4. The van der Waals surface area contributed by atoms with Crippen molar-refractivity contribution in [2.24, 2.45) is 39.5 Å². The Hall–Kier alpha value is -3.96. The molecule has 1 amide bonds. The van der Waals surface area contributed by atoms with Crippen LogP contribution in [0.2, 0.25) is 5.02 Å². The van der Waals surface area contributed by atoms with E-state index in [9.17, 15) is 34.5 Å². The third-order valence-corrected chi connectivity index (χ3v) is 12.1. The van der Waals surface area contributed by atoms with E-state index in [1.165, 1.54) is 6.92 Å². The van der Waals surface area contributed by atoms with E-state index in [1.807, 2.05) is 43.3 Å². The van der Waals surface area contributed by atoms with E-state index >= 15 is 0 Å². The van der Waals surface area contributed by atoms with E-state index < -0.39 is 53.0 Å². The number of ketones is 2. The third kappa shape index (κ3) is 6.06. The molecule has 4 aliphatic carbocycles. The summed E-state index contributed by atoms with van der Waals surface area (Å²) >= 11 is 6.03. The first kappa shape index (κ1) is 35.9. The van der Waals surface area contributed by atoms with Crippen LogP contribution in [0.5, 0.6) is 0 Å². The number of fused-ring (bicyclic) bond motifs is 6. The number of esters is 1. The minimum absolute atomic E-state index is 0.00535. The molecule has 0 radical (unpaired) electrons. The number of rotatable bonds is 4. The topological polar surface area (TPSA) is 163 Å². The van der Waals surface area contributed by atoms with Gasteiger partial charge < -0.3 is 25.4 Å². The second-order valence-corrected chi connectivity index (χ2v) is 15.2. The molecule has 0 aromatic heterocycles. The Morgan fingerprint density at radius 2 is 1.82 bits per heavy atom. The number of hydrogen-bond acceptors (Lipinski definition) is 9. The number of halogens is 1. The van der Waals surface area contributed by atoms with Crippen LogP contribution in [0.25, 0.3) is 0 Å². The Morgan fingerprint density at radius 1 is 1.10 bits per heavy atom. The monoisotopic (exact) mass is 702 g/mol. The van der Waals surface area contributed by atoms with Crippen LogP contribution in [0.15, 0.2) is 77.3 Å². The Kier molecular flexibility index (Phi) is 9.54. The lowest BCUT2D eigenvalue weighted by molar-refractivity contribution is -0.182. The molecule has 0 spiro atoms. The molecule has 3 saturated carbocycles. The average Bonchev–Trinajstić information content (AvgIpc) is 3.27. The quantitative estimate of drug-likeness (QED) is 0.330. The number of carbonyl (C=O) groups is 4. The summed E-state index contributed by atoms with van der Waals surface area (Å²) in [6, 6.07) is 14.5. The molecule has 5 aliphatic rings. The fourth-order valence-electron chi connectivity index (χ4n) is 9.59. The standard InChI is InChI=1S/C24H32O6.C15H11ClN2O2/c1-13-9-16-17-6-8-24(29,20(28)12-30-14(2)25)23(17,4)11-19(27)21(16)22(3)7-5-15(26)10-18(13)22;16-10-6-7-12-11(8-10)13(9-4-2-1-3-5-9)18-15(20)14(19)17-12/h5,7,10,13,16-17,19,21,27,29H,6,8-9,11-12H2,1-4H3;1-8,15,20H,(H,17,19)/t13-,16-,17-,19-,21+,22-,23-,24-;/m0./s1. The number of aliphatic imine (C=N–C) groups is 1. The van der Waals surface area contributed by atoms with Gasteiger partial charge in [0, 0.05) is 39.8 Å². The fraction of sp³-hybridized carbons (Fsp3) is 0.462. The van der Waals surface area contributed by atoms with Gasteiger partial charge in [-0.05, 0) is 73.8 Å². The van der Waals surface area contributed by atoms with Gasteiger partial charge in [-0.15, -0.1) is 0 Å². The number of benzene rings is 2. The van der Waals surface area contributed by atoms with E-state index in [0.717, 1.165) is 17.6 Å². The van der Waals surface area contributed by atoms with Crippen LogP contribution in [0.1, 0.15) is 64.5 Å². The van der Waals surface area contributed by atoms with Gasteiger partial charge in [0.2, 0.25) is 12.0 Å². The zero-order valence-corrected chi connectivity index (χ0v) is 29.3. The first-order valence-electron chi connectivity index (χ1n) is 17.0. The molecular formula is C39H43ClN2O8. The molecule has 264 valence electrons. The smallest absolute Gasteiger partial charge is 0.303 e. The van der Waals surface area contributed by atoms with E-state index in [0.29, 0.717) is 41.2 Å². The van der Waals surface area contributed by atoms with E-state index in [1.54, 1.807) is 30.4 Å². The number of allylic oxidation sites excluding steroid dienone is 4. The normalized spacial score (nSPS) is 35.4. The van der Waals surface area contributed by atoms with Crippen LogP contribution in [0.4, 0.5) is 5.69 Å². The van der Waals surface area contributed by atoms with Crippen molar-refractivity contribution in [2.75, 3.05) is 11.9 Å². The highest BCUT2D eigenvalue weighted by atomic mass is 35.5. The number of aliphatic hydroxyl groups is 3.